The van der Waals surface area contributed by atoms with E-state index in [0.717, 1.165) is 25.9 Å². The Kier molecular flexibility index (Phi) is 2.25. The number of nitrogens with one attached hydrogen (secondary N) is 2. The van der Waals surface area contributed by atoms with Gasteiger partial charge in [0.25, 0.3) is 0 Å². The zero-order valence-corrected chi connectivity index (χ0v) is 6.28. The molecular formula is C7H13N3. The predicted molar refractivity (Wildman–Crippen MR) is 39.5 cm³/mol. The number of hydrogen-bond donors (Lipinski definition) is 2. The van der Waals surface area contributed by atoms with E-state index < -0.39 is 0 Å². The number of piperidine rings is 1. The van der Waals surface area contributed by atoms with Crippen LogP contribution in [0.25, 0.3) is 0 Å². The molecule has 0 spiro atoms. The Labute approximate surface area is 61.4 Å². The number of nitrogens with zero attached hydrogens (tertiary/aromatic N) is 1. The van der Waals surface area contributed by atoms with Gasteiger partial charge in [-0.05, 0) is 33.0 Å². The molecular weight excluding hydrogens is 126 g/mol. The van der Waals surface area contributed by atoms with E-state index in [4.69, 9.17) is 5.26 Å². The lowest BCUT2D eigenvalue weighted by Gasteiger charge is -2.30. The zero-order chi connectivity index (χ0) is 7.45. The lowest BCUT2D eigenvalue weighted by molar-refractivity contribution is 0.331. The molecule has 3 heteroatoms. The van der Waals surface area contributed by atoms with Crippen LogP contribution in [0.3, 0.4) is 0 Å². The van der Waals surface area contributed by atoms with Gasteiger partial charge in [0, 0.05) is 0 Å². The average Bonchev–Trinajstić information content (AvgIpc) is 2.06. The molecule has 0 aliphatic carbocycles. The molecule has 1 rings (SSSR count). The number of nitriles is 1. The Bertz CT molecular complexity index is 141. The molecule has 1 fully saturated rings. The summed E-state index contributed by atoms with van der Waals surface area (Å²) < 4.78 is 0. The van der Waals surface area contributed by atoms with Crippen molar-refractivity contribution in [3.8, 4) is 6.07 Å². The second-order valence-electron chi connectivity index (χ2n) is 2.69. The maximum absolute atomic E-state index is 8.80. The molecule has 56 valence electrons. The van der Waals surface area contributed by atoms with Crippen molar-refractivity contribution >= 4 is 0 Å². The fourth-order valence-corrected chi connectivity index (χ4v) is 1.27. The third-order valence-corrected chi connectivity index (χ3v) is 2.15. The molecule has 2 N–H and O–H groups in total. The van der Waals surface area contributed by atoms with Crippen LogP contribution in [0.1, 0.15) is 12.8 Å². The fraction of sp³-hybridized carbons (Fsp3) is 0.857. The van der Waals surface area contributed by atoms with Crippen LogP contribution in [-0.4, -0.2) is 25.7 Å². The van der Waals surface area contributed by atoms with Gasteiger partial charge >= 0.3 is 0 Å². The summed E-state index contributed by atoms with van der Waals surface area (Å²) >= 11 is 0. The fourth-order valence-electron chi connectivity index (χ4n) is 1.27. The Hall–Kier alpha value is -0.590. The first-order chi connectivity index (χ1) is 4.83. The van der Waals surface area contributed by atoms with Crippen LogP contribution in [0.2, 0.25) is 0 Å². The molecule has 0 amide bonds. The van der Waals surface area contributed by atoms with E-state index in [9.17, 15) is 0 Å². The summed E-state index contributed by atoms with van der Waals surface area (Å²) in [5, 5.41) is 15.1. The van der Waals surface area contributed by atoms with Gasteiger partial charge in [-0.25, -0.2) is 0 Å². The van der Waals surface area contributed by atoms with Crippen LogP contribution in [0, 0.1) is 11.3 Å². The number of rotatable bonds is 1. The van der Waals surface area contributed by atoms with Crippen molar-refractivity contribution in [3.63, 3.8) is 0 Å². The van der Waals surface area contributed by atoms with Gasteiger partial charge in [0.15, 0.2) is 0 Å². The van der Waals surface area contributed by atoms with Crippen LogP contribution in [-0.2, 0) is 0 Å². The van der Waals surface area contributed by atoms with E-state index in [1.807, 2.05) is 7.05 Å². The van der Waals surface area contributed by atoms with Crippen molar-refractivity contribution in [2.45, 2.75) is 18.4 Å². The van der Waals surface area contributed by atoms with Crippen LogP contribution < -0.4 is 10.6 Å². The Morgan fingerprint density at radius 3 is 2.40 bits per heavy atom. The first-order valence-electron chi connectivity index (χ1n) is 3.64. The van der Waals surface area contributed by atoms with E-state index in [-0.39, 0.29) is 5.54 Å². The molecule has 0 aromatic rings. The summed E-state index contributed by atoms with van der Waals surface area (Å²) in [6, 6.07) is 2.32. The molecule has 1 aliphatic heterocycles. The smallest absolute Gasteiger partial charge is 0.108 e. The minimum Gasteiger partial charge on any atom is -0.317 e. The highest BCUT2D eigenvalue weighted by Crippen LogP contribution is 2.15. The monoisotopic (exact) mass is 139 g/mol. The summed E-state index contributed by atoms with van der Waals surface area (Å²) in [4.78, 5) is 0. The minimum atomic E-state index is -0.245. The summed E-state index contributed by atoms with van der Waals surface area (Å²) in [6.07, 6.45) is 1.83. The van der Waals surface area contributed by atoms with E-state index in [2.05, 4.69) is 16.7 Å². The predicted octanol–water partition coefficient (Wildman–Crippen LogP) is -0.148. The molecule has 0 aromatic carbocycles. The average molecular weight is 139 g/mol. The third-order valence-electron chi connectivity index (χ3n) is 2.15. The van der Waals surface area contributed by atoms with Crippen molar-refractivity contribution in [2.75, 3.05) is 20.1 Å². The maximum atomic E-state index is 8.80. The second-order valence-corrected chi connectivity index (χ2v) is 2.69. The highest BCUT2D eigenvalue weighted by atomic mass is 15.0. The normalized spacial score (nSPS) is 23.6. The largest absolute Gasteiger partial charge is 0.317 e. The van der Waals surface area contributed by atoms with Gasteiger partial charge in [0.05, 0.1) is 6.07 Å². The topological polar surface area (TPSA) is 47.9 Å². The second kappa shape index (κ2) is 3.00. The van der Waals surface area contributed by atoms with E-state index in [1.54, 1.807) is 0 Å². The highest BCUT2D eigenvalue weighted by Gasteiger charge is 2.29. The molecule has 1 saturated heterocycles. The van der Waals surface area contributed by atoms with Gasteiger partial charge in [0.1, 0.15) is 5.54 Å². The summed E-state index contributed by atoms with van der Waals surface area (Å²) in [6.45, 7) is 1.91. The molecule has 10 heavy (non-hydrogen) atoms. The van der Waals surface area contributed by atoms with Crippen LogP contribution in [0.5, 0.6) is 0 Å². The number of hydrogen-bond acceptors (Lipinski definition) is 3. The van der Waals surface area contributed by atoms with Gasteiger partial charge in [-0.1, -0.05) is 0 Å². The highest BCUT2D eigenvalue weighted by molar-refractivity contribution is 5.08. The zero-order valence-electron chi connectivity index (χ0n) is 6.28. The van der Waals surface area contributed by atoms with Crippen LogP contribution >= 0.6 is 0 Å². The molecule has 1 heterocycles. The molecule has 0 aromatic heterocycles. The first kappa shape index (κ1) is 7.52. The van der Waals surface area contributed by atoms with Crippen molar-refractivity contribution in [2.24, 2.45) is 0 Å². The van der Waals surface area contributed by atoms with Crippen LogP contribution in [0.4, 0.5) is 0 Å². The lowest BCUT2D eigenvalue weighted by Crippen LogP contribution is -2.49. The molecule has 0 radical (unpaired) electrons. The molecule has 0 atom stereocenters. The van der Waals surface area contributed by atoms with E-state index in [1.165, 1.54) is 0 Å². The van der Waals surface area contributed by atoms with Gasteiger partial charge in [-0.3, -0.25) is 0 Å². The summed E-state index contributed by atoms with van der Waals surface area (Å²) in [5.41, 5.74) is -0.245. The molecule has 0 saturated carbocycles. The minimum absolute atomic E-state index is 0.245. The van der Waals surface area contributed by atoms with Gasteiger partial charge in [-0.15, -0.1) is 0 Å². The van der Waals surface area contributed by atoms with Crippen molar-refractivity contribution in [3.05, 3.63) is 0 Å². The standard InChI is InChI=1S/C7H13N3/c1-9-7(6-8)2-4-10-5-3-7/h9-10H,2-5H2,1H3. The molecule has 3 nitrogen and oxygen atoms in total. The Balaban J connectivity index is 2.55. The van der Waals surface area contributed by atoms with Crippen molar-refractivity contribution < 1.29 is 0 Å². The van der Waals surface area contributed by atoms with Crippen molar-refractivity contribution in [1.82, 2.24) is 10.6 Å². The molecule has 1 aliphatic rings. The third kappa shape index (κ3) is 1.28. The van der Waals surface area contributed by atoms with Gasteiger partial charge in [0.2, 0.25) is 0 Å². The van der Waals surface area contributed by atoms with Crippen molar-refractivity contribution in [1.29, 1.82) is 5.26 Å². The first-order valence-corrected chi connectivity index (χ1v) is 3.64. The SMILES string of the molecule is CNC1(C#N)CCNCC1. The van der Waals surface area contributed by atoms with E-state index >= 15 is 0 Å². The summed E-state index contributed by atoms with van der Waals surface area (Å²) in [7, 11) is 1.86. The Morgan fingerprint density at radius 2 is 2.10 bits per heavy atom. The maximum Gasteiger partial charge on any atom is 0.108 e. The van der Waals surface area contributed by atoms with E-state index in [0.29, 0.717) is 0 Å². The summed E-state index contributed by atoms with van der Waals surface area (Å²) in [5.74, 6) is 0. The van der Waals surface area contributed by atoms with Gasteiger partial charge < -0.3 is 10.6 Å². The lowest BCUT2D eigenvalue weighted by atomic mass is 9.90. The van der Waals surface area contributed by atoms with Gasteiger partial charge in [-0.2, -0.15) is 5.26 Å². The molecule has 0 bridgehead atoms. The Morgan fingerprint density at radius 1 is 1.50 bits per heavy atom. The molecule has 0 unspecified atom stereocenters. The quantitative estimate of drug-likeness (QED) is 0.531. The van der Waals surface area contributed by atoms with Crippen LogP contribution in [0.15, 0.2) is 0 Å².